The Morgan fingerprint density at radius 2 is 1.74 bits per heavy atom. The summed E-state index contributed by atoms with van der Waals surface area (Å²) in [5, 5.41) is 2.91. The van der Waals surface area contributed by atoms with Crippen molar-refractivity contribution in [2.75, 3.05) is 19.5 Å². The van der Waals surface area contributed by atoms with Crippen LogP contribution >= 0.6 is 15.9 Å². The molecule has 23 heavy (non-hydrogen) atoms. The fraction of sp³-hybridized carbons (Fsp3) is 0.278. The second-order valence-electron chi connectivity index (χ2n) is 5.23. The molecule has 0 aliphatic heterocycles. The number of methoxy groups -OCH3 is 2. The molecule has 0 spiro atoms. The average molecular weight is 378 g/mol. The van der Waals surface area contributed by atoms with Crippen LogP contribution in [0.15, 0.2) is 40.9 Å². The SMILES string of the molecule is COc1cc(CCC(=O)Nc2ccc(C)c(Br)c2)cc(OC)c1. The van der Waals surface area contributed by atoms with Crippen molar-refractivity contribution < 1.29 is 14.3 Å². The predicted octanol–water partition coefficient (Wildman–Crippen LogP) is 4.35. The molecule has 2 rings (SSSR count). The smallest absolute Gasteiger partial charge is 0.224 e. The largest absolute Gasteiger partial charge is 0.497 e. The third-order valence-corrected chi connectivity index (χ3v) is 4.36. The maximum Gasteiger partial charge on any atom is 0.224 e. The van der Waals surface area contributed by atoms with E-state index in [9.17, 15) is 4.79 Å². The lowest BCUT2D eigenvalue weighted by Crippen LogP contribution is -2.12. The molecule has 0 unspecified atom stereocenters. The molecule has 0 atom stereocenters. The number of anilines is 1. The zero-order valence-electron chi connectivity index (χ0n) is 13.5. The summed E-state index contributed by atoms with van der Waals surface area (Å²) in [4.78, 5) is 12.1. The fourth-order valence-electron chi connectivity index (χ4n) is 2.16. The lowest BCUT2D eigenvalue weighted by molar-refractivity contribution is -0.116. The highest BCUT2D eigenvalue weighted by atomic mass is 79.9. The summed E-state index contributed by atoms with van der Waals surface area (Å²) in [6.07, 6.45) is 1.01. The van der Waals surface area contributed by atoms with Gasteiger partial charge in [0.05, 0.1) is 14.2 Å². The summed E-state index contributed by atoms with van der Waals surface area (Å²) in [7, 11) is 3.22. The van der Waals surface area contributed by atoms with Crippen LogP contribution in [0.2, 0.25) is 0 Å². The summed E-state index contributed by atoms with van der Waals surface area (Å²) in [6, 6.07) is 11.4. The molecule has 5 heteroatoms. The summed E-state index contributed by atoms with van der Waals surface area (Å²) < 4.78 is 11.5. The van der Waals surface area contributed by atoms with Crippen LogP contribution in [-0.2, 0) is 11.2 Å². The first-order valence-electron chi connectivity index (χ1n) is 7.30. The minimum Gasteiger partial charge on any atom is -0.497 e. The minimum atomic E-state index is -0.0254. The van der Waals surface area contributed by atoms with Crippen molar-refractivity contribution in [1.82, 2.24) is 0 Å². The Hall–Kier alpha value is -2.01. The zero-order chi connectivity index (χ0) is 16.8. The molecule has 2 aromatic rings. The molecule has 0 saturated carbocycles. The summed E-state index contributed by atoms with van der Waals surface area (Å²) in [5.41, 5.74) is 2.92. The second kappa shape index (κ2) is 8.02. The van der Waals surface area contributed by atoms with Crippen molar-refractivity contribution in [3.05, 3.63) is 52.0 Å². The Kier molecular flexibility index (Phi) is 6.04. The van der Waals surface area contributed by atoms with Crippen molar-refractivity contribution in [2.45, 2.75) is 19.8 Å². The Morgan fingerprint density at radius 3 is 2.30 bits per heavy atom. The van der Waals surface area contributed by atoms with Gasteiger partial charge in [0.15, 0.2) is 0 Å². The van der Waals surface area contributed by atoms with Crippen LogP contribution in [0.1, 0.15) is 17.5 Å². The predicted molar refractivity (Wildman–Crippen MR) is 95.4 cm³/mol. The number of benzene rings is 2. The molecule has 0 aromatic heterocycles. The first-order chi connectivity index (χ1) is 11.0. The van der Waals surface area contributed by atoms with E-state index in [1.165, 1.54) is 0 Å². The monoisotopic (exact) mass is 377 g/mol. The van der Waals surface area contributed by atoms with E-state index in [-0.39, 0.29) is 5.91 Å². The van der Waals surface area contributed by atoms with Gasteiger partial charge in [-0.1, -0.05) is 22.0 Å². The molecule has 0 aliphatic rings. The molecule has 0 aliphatic carbocycles. The number of nitrogens with one attached hydrogen (secondary N) is 1. The molecule has 122 valence electrons. The number of ether oxygens (including phenoxy) is 2. The van der Waals surface area contributed by atoms with Gasteiger partial charge >= 0.3 is 0 Å². The van der Waals surface area contributed by atoms with E-state index >= 15 is 0 Å². The highest BCUT2D eigenvalue weighted by Crippen LogP contribution is 2.24. The Balaban J connectivity index is 1.97. The molecule has 1 N–H and O–H groups in total. The number of carbonyl (C=O) groups is 1. The molecular weight excluding hydrogens is 358 g/mol. The van der Waals surface area contributed by atoms with Gasteiger partial charge in [0.2, 0.25) is 5.91 Å². The Morgan fingerprint density at radius 1 is 1.09 bits per heavy atom. The van der Waals surface area contributed by atoms with Gasteiger partial charge < -0.3 is 14.8 Å². The summed E-state index contributed by atoms with van der Waals surface area (Å²) in [5.74, 6) is 1.42. The van der Waals surface area contributed by atoms with E-state index < -0.39 is 0 Å². The lowest BCUT2D eigenvalue weighted by Gasteiger charge is -2.09. The zero-order valence-corrected chi connectivity index (χ0v) is 15.1. The number of rotatable bonds is 6. The van der Waals surface area contributed by atoms with Crippen molar-refractivity contribution in [3.63, 3.8) is 0 Å². The standard InChI is InChI=1S/C18H20BrNO3/c1-12-4-6-14(10-17(12)19)20-18(21)7-5-13-8-15(22-2)11-16(9-13)23-3/h4,6,8-11H,5,7H2,1-3H3,(H,20,21). The molecule has 2 aromatic carbocycles. The maximum atomic E-state index is 12.1. The van der Waals surface area contributed by atoms with Gasteiger partial charge in [0.25, 0.3) is 0 Å². The Bertz CT molecular complexity index is 678. The third-order valence-electron chi connectivity index (χ3n) is 3.51. The number of aryl methyl sites for hydroxylation is 2. The number of amides is 1. The average Bonchev–Trinajstić information content (AvgIpc) is 2.56. The molecule has 0 radical (unpaired) electrons. The van der Waals surface area contributed by atoms with Crippen molar-refractivity contribution in [2.24, 2.45) is 0 Å². The topological polar surface area (TPSA) is 47.6 Å². The van der Waals surface area contributed by atoms with Crippen LogP contribution in [0, 0.1) is 6.92 Å². The molecule has 1 amide bonds. The van der Waals surface area contributed by atoms with Crippen molar-refractivity contribution in [3.8, 4) is 11.5 Å². The van der Waals surface area contributed by atoms with Gasteiger partial charge in [-0.05, 0) is 48.7 Å². The molecule has 0 bridgehead atoms. The minimum absolute atomic E-state index is 0.0254. The van der Waals surface area contributed by atoms with Gasteiger partial charge in [0, 0.05) is 22.6 Å². The van der Waals surface area contributed by atoms with Crippen LogP contribution in [0.25, 0.3) is 0 Å². The quantitative estimate of drug-likeness (QED) is 0.813. The summed E-state index contributed by atoms with van der Waals surface area (Å²) >= 11 is 3.46. The van der Waals surface area contributed by atoms with Gasteiger partial charge in [0.1, 0.15) is 11.5 Å². The van der Waals surface area contributed by atoms with Crippen molar-refractivity contribution >= 4 is 27.5 Å². The van der Waals surface area contributed by atoms with Gasteiger partial charge in [-0.2, -0.15) is 0 Å². The second-order valence-corrected chi connectivity index (χ2v) is 6.09. The van der Waals surface area contributed by atoms with Crippen LogP contribution in [-0.4, -0.2) is 20.1 Å². The molecule has 0 fully saturated rings. The van der Waals surface area contributed by atoms with Crippen LogP contribution in [0.5, 0.6) is 11.5 Å². The first-order valence-corrected chi connectivity index (χ1v) is 8.09. The van der Waals surface area contributed by atoms with Gasteiger partial charge in [-0.3, -0.25) is 4.79 Å². The van der Waals surface area contributed by atoms with E-state index in [1.807, 2.05) is 43.3 Å². The normalized spacial score (nSPS) is 10.3. The number of carbonyl (C=O) groups excluding carboxylic acids is 1. The third kappa shape index (κ3) is 4.99. The van der Waals surface area contributed by atoms with E-state index in [0.29, 0.717) is 12.8 Å². The van der Waals surface area contributed by atoms with Crippen LogP contribution < -0.4 is 14.8 Å². The lowest BCUT2D eigenvalue weighted by atomic mass is 10.1. The van der Waals surface area contributed by atoms with E-state index in [4.69, 9.17) is 9.47 Å². The molecule has 0 saturated heterocycles. The molecule has 0 heterocycles. The van der Waals surface area contributed by atoms with E-state index in [2.05, 4.69) is 21.2 Å². The van der Waals surface area contributed by atoms with E-state index in [0.717, 1.165) is 32.8 Å². The van der Waals surface area contributed by atoms with Gasteiger partial charge in [-0.25, -0.2) is 0 Å². The Labute approximate surface area is 144 Å². The highest BCUT2D eigenvalue weighted by Gasteiger charge is 2.07. The fourth-order valence-corrected chi connectivity index (χ4v) is 2.54. The molecular formula is C18H20BrNO3. The number of halogens is 1. The van der Waals surface area contributed by atoms with Gasteiger partial charge in [-0.15, -0.1) is 0 Å². The first kappa shape index (κ1) is 17.3. The van der Waals surface area contributed by atoms with Crippen molar-refractivity contribution in [1.29, 1.82) is 0 Å². The maximum absolute atomic E-state index is 12.1. The van der Waals surface area contributed by atoms with E-state index in [1.54, 1.807) is 14.2 Å². The summed E-state index contributed by atoms with van der Waals surface area (Å²) in [6.45, 7) is 2.01. The van der Waals surface area contributed by atoms with Crippen LogP contribution in [0.3, 0.4) is 0 Å². The van der Waals surface area contributed by atoms with Crippen LogP contribution in [0.4, 0.5) is 5.69 Å². The number of hydrogen-bond acceptors (Lipinski definition) is 3. The highest BCUT2D eigenvalue weighted by molar-refractivity contribution is 9.10. The molecule has 4 nitrogen and oxygen atoms in total. The number of hydrogen-bond donors (Lipinski definition) is 1.